The minimum atomic E-state index is -0.166. The molecule has 1 N–H and O–H groups in total. The van der Waals surface area contributed by atoms with Gasteiger partial charge >= 0.3 is 6.09 Å². The van der Waals surface area contributed by atoms with Crippen LogP contribution in [0.25, 0.3) is 0 Å². The SMILES string of the molecule is CCOC(=O)N1CCC(NC2CC(OCC)C2)CC1. The molecule has 1 aliphatic carbocycles. The molecule has 0 spiro atoms. The van der Waals surface area contributed by atoms with E-state index in [2.05, 4.69) is 5.32 Å². The minimum absolute atomic E-state index is 0.166. The van der Waals surface area contributed by atoms with Crippen LogP contribution in [0.15, 0.2) is 0 Å². The molecule has 0 bridgehead atoms. The molecule has 0 atom stereocenters. The van der Waals surface area contributed by atoms with Crippen molar-refractivity contribution < 1.29 is 14.3 Å². The van der Waals surface area contributed by atoms with Crippen LogP contribution in [0.4, 0.5) is 4.79 Å². The van der Waals surface area contributed by atoms with Gasteiger partial charge in [-0.15, -0.1) is 0 Å². The second kappa shape index (κ2) is 7.10. The van der Waals surface area contributed by atoms with E-state index in [1.54, 1.807) is 0 Å². The number of piperidine rings is 1. The van der Waals surface area contributed by atoms with E-state index >= 15 is 0 Å². The maximum absolute atomic E-state index is 11.6. The van der Waals surface area contributed by atoms with Crippen molar-refractivity contribution in [2.75, 3.05) is 26.3 Å². The average Bonchev–Trinajstić information content (AvgIpc) is 2.37. The van der Waals surface area contributed by atoms with Gasteiger partial charge in [0.05, 0.1) is 12.7 Å². The largest absolute Gasteiger partial charge is 0.450 e. The average molecular weight is 270 g/mol. The van der Waals surface area contributed by atoms with Crippen LogP contribution in [0.2, 0.25) is 0 Å². The predicted octanol–water partition coefficient (Wildman–Crippen LogP) is 1.76. The summed E-state index contributed by atoms with van der Waals surface area (Å²) in [6.45, 7) is 6.77. The third-order valence-electron chi connectivity index (χ3n) is 3.99. The number of carbonyl (C=O) groups excluding carboxylic acids is 1. The molecule has 1 saturated carbocycles. The van der Waals surface area contributed by atoms with Crippen molar-refractivity contribution in [1.82, 2.24) is 10.2 Å². The van der Waals surface area contributed by atoms with Crippen molar-refractivity contribution >= 4 is 6.09 Å². The highest BCUT2D eigenvalue weighted by Gasteiger charge is 2.32. The quantitative estimate of drug-likeness (QED) is 0.827. The molecule has 19 heavy (non-hydrogen) atoms. The second-order valence-corrected chi connectivity index (χ2v) is 5.37. The van der Waals surface area contributed by atoms with Crippen molar-refractivity contribution in [3.63, 3.8) is 0 Å². The van der Waals surface area contributed by atoms with Crippen LogP contribution >= 0.6 is 0 Å². The van der Waals surface area contributed by atoms with Crippen LogP contribution < -0.4 is 5.32 Å². The van der Waals surface area contributed by atoms with Gasteiger partial charge in [-0.2, -0.15) is 0 Å². The molecule has 2 aliphatic rings. The van der Waals surface area contributed by atoms with Crippen molar-refractivity contribution in [3.8, 4) is 0 Å². The summed E-state index contributed by atoms with van der Waals surface area (Å²) < 4.78 is 10.6. The molecular formula is C14H26N2O3. The molecule has 0 aromatic rings. The molecule has 0 aromatic carbocycles. The first-order chi connectivity index (χ1) is 9.22. The lowest BCUT2D eigenvalue weighted by atomic mass is 9.87. The van der Waals surface area contributed by atoms with Gasteiger partial charge in [0.2, 0.25) is 0 Å². The monoisotopic (exact) mass is 270 g/mol. The van der Waals surface area contributed by atoms with Gasteiger partial charge in [0.15, 0.2) is 0 Å². The summed E-state index contributed by atoms with van der Waals surface area (Å²) in [5.41, 5.74) is 0. The first-order valence-corrected chi connectivity index (χ1v) is 7.52. The smallest absolute Gasteiger partial charge is 0.409 e. The van der Waals surface area contributed by atoms with Crippen LogP contribution in [0.5, 0.6) is 0 Å². The molecule has 5 heteroatoms. The summed E-state index contributed by atoms with van der Waals surface area (Å²) in [6, 6.07) is 1.15. The van der Waals surface area contributed by atoms with Gasteiger partial charge in [-0.1, -0.05) is 0 Å². The molecule has 2 rings (SSSR count). The van der Waals surface area contributed by atoms with E-state index in [-0.39, 0.29) is 6.09 Å². The number of nitrogens with one attached hydrogen (secondary N) is 1. The van der Waals surface area contributed by atoms with E-state index in [4.69, 9.17) is 9.47 Å². The fraction of sp³-hybridized carbons (Fsp3) is 0.929. The van der Waals surface area contributed by atoms with Gasteiger partial charge in [-0.05, 0) is 39.5 Å². The maximum Gasteiger partial charge on any atom is 0.409 e. The Balaban J connectivity index is 1.61. The summed E-state index contributed by atoms with van der Waals surface area (Å²) in [4.78, 5) is 13.4. The highest BCUT2D eigenvalue weighted by molar-refractivity contribution is 5.67. The van der Waals surface area contributed by atoms with E-state index in [9.17, 15) is 4.79 Å². The molecule has 1 heterocycles. The van der Waals surface area contributed by atoms with Crippen molar-refractivity contribution in [1.29, 1.82) is 0 Å². The highest BCUT2D eigenvalue weighted by atomic mass is 16.6. The van der Waals surface area contributed by atoms with Crippen molar-refractivity contribution in [2.45, 2.75) is 57.7 Å². The molecule has 1 aliphatic heterocycles. The van der Waals surface area contributed by atoms with Gasteiger partial charge in [0.25, 0.3) is 0 Å². The van der Waals surface area contributed by atoms with Crippen LogP contribution in [0.1, 0.15) is 39.5 Å². The van der Waals surface area contributed by atoms with E-state index in [1.807, 2.05) is 18.7 Å². The first kappa shape index (κ1) is 14.6. The van der Waals surface area contributed by atoms with Crippen molar-refractivity contribution in [3.05, 3.63) is 0 Å². The summed E-state index contributed by atoms with van der Waals surface area (Å²) in [5.74, 6) is 0. The number of carbonyl (C=O) groups is 1. The van der Waals surface area contributed by atoms with Crippen LogP contribution in [0, 0.1) is 0 Å². The number of rotatable bonds is 5. The van der Waals surface area contributed by atoms with Gasteiger partial charge in [0.1, 0.15) is 0 Å². The summed E-state index contributed by atoms with van der Waals surface area (Å²) in [6.07, 6.45) is 4.60. The standard InChI is InChI=1S/C14H26N2O3/c1-3-18-13-9-12(10-13)15-11-5-7-16(8-6-11)14(17)19-4-2/h11-13,15H,3-10H2,1-2H3. The lowest BCUT2D eigenvalue weighted by Gasteiger charge is -2.40. The minimum Gasteiger partial charge on any atom is -0.450 e. The molecular weight excluding hydrogens is 244 g/mol. The lowest BCUT2D eigenvalue weighted by Crippen LogP contribution is -2.53. The third-order valence-corrected chi connectivity index (χ3v) is 3.99. The highest BCUT2D eigenvalue weighted by Crippen LogP contribution is 2.25. The van der Waals surface area contributed by atoms with Crippen LogP contribution in [-0.2, 0) is 9.47 Å². The number of hydrogen-bond acceptors (Lipinski definition) is 4. The molecule has 1 amide bonds. The zero-order valence-corrected chi connectivity index (χ0v) is 12.1. The Kier molecular flexibility index (Phi) is 5.45. The van der Waals surface area contributed by atoms with Gasteiger partial charge in [-0.25, -0.2) is 4.79 Å². The summed E-state index contributed by atoms with van der Waals surface area (Å²) >= 11 is 0. The summed E-state index contributed by atoms with van der Waals surface area (Å²) in [7, 11) is 0. The number of hydrogen-bond donors (Lipinski definition) is 1. The van der Waals surface area contributed by atoms with E-state index in [1.165, 1.54) is 0 Å². The third kappa shape index (κ3) is 4.08. The fourth-order valence-electron chi connectivity index (χ4n) is 2.85. The molecule has 0 aromatic heterocycles. The number of amides is 1. The first-order valence-electron chi connectivity index (χ1n) is 7.52. The maximum atomic E-state index is 11.6. The second-order valence-electron chi connectivity index (χ2n) is 5.37. The zero-order valence-electron chi connectivity index (χ0n) is 12.1. The van der Waals surface area contributed by atoms with Crippen molar-refractivity contribution in [2.24, 2.45) is 0 Å². The number of likely N-dealkylation sites (tertiary alicyclic amines) is 1. The number of nitrogens with zero attached hydrogens (tertiary/aromatic N) is 1. The Hall–Kier alpha value is -0.810. The molecule has 110 valence electrons. The lowest BCUT2D eigenvalue weighted by molar-refractivity contribution is -0.0142. The van der Waals surface area contributed by atoms with Gasteiger partial charge in [0, 0.05) is 31.8 Å². The van der Waals surface area contributed by atoms with E-state index < -0.39 is 0 Å². The van der Waals surface area contributed by atoms with Crippen LogP contribution in [-0.4, -0.2) is 55.5 Å². The molecule has 0 unspecified atom stereocenters. The van der Waals surface area contributed by atoms with Crippen LogP contribution in [0.3, 0.4) is 0 Å². The van der Waals surface area contributed by atoms with E-state index in [0.29, 0.717) is 24.8 Å². The summed E-state index contributed by atoms with van der Waals surface area (Å²) in [5, 5.41) is 3.68. The Morgan fingerprint density at radius 2 is 1.84 bits per heavy atom. The Bertz CT molecular complexity index is 284. The molecule has 0 radical (unpaired) electrons. The van der Waals surface area contributed by atoms with E-state index in [0.717, 1.165) is 45.4 Å². The van der Waals surface area contributed by atoms with Gasteiger partial charge in [-0.3, -0.25) is 0 Å². The fourth-order valence-corrected chi connectivity index (χ4v) is 2.85. The zero-order chi connectivity index (χ0) is 13.7. The topological polar surface area (TPSA) is 50.8 Å². The molecule has 2 fully saturated rings. The molecule has 5 nitrogen and oxygen atoms in total. The Morgan fingerprint density at radius 1 is 1.16 bits per heavy atom. The van der Waals surface area contributed by atoms with Gasteiger partial charge < -0.3 is 19.7 Å². The Labute approximate surface area is 115 Å². The Morgan fingerprint density at radius 3 is 2.42 bits per heavy atom. The normalized spacial score (nSPS) is 28.0. The predicted molar refractivity (Wildman–Crippen MR) is 73.2 cm³/mol. The molecule has 1 saturated heterocycles. The number of ether oxygens (including phenoxy) is 2.